The van der Waals surface area contributed by atoms with Crippen LogP contribution in [0, 0.1) is 17.0 Å². The van der Waals surface area contributed by atoms with Gasteiger partial charge in [-0.05, 0) is 44.5 Å². The monoisotopic (exact) mass is 402 g/mol. The van der Waals surface area contributed by atoms with Gasteiger partial charge >= 0.3 is 5.97 Å². The number of nitro groups is 1. The topological polar surface area (TPSA) is 117 Å². The van der Waals surface area contributed by atoms with E-state index in [9.17, 15) is 19.7 Å². The highest BCUT2D eigenvalue weighted by atomic mass is 16.6. The third-order valence-electron chi connectivity index (χ3n) is 3.95. The summed E-state index contributed by atoms with van der Waals surface area (Å²) in [7, 11) is 1.37. The number of carbonyl (C=O) groups excluding carboxylic acids is 2. The Morgan fingerprint density at radius 2 is 1.83 bits per heavy atom. The van der Waals surface area contributed by atoms with Crippen LogP contribution in [-0.4, -0.2) is 36.1 Å². The zero-order chi connectivity index (χ0) is 21.6. The number of nitrogens with zero attached hydrogens (tertiary/aromatic N) is 1. The van der Waals surface area contributed by atoms with Gasteiger partial charge in [0.15, 0.2) is 12.2 Å². The van der Waals surface area contributed by atoms with Crippen molar-refractivity contribution >= 4 is 23.3 Å². The second-order valence-electron chi connectivity index (χ2n) is 6.29. The molecule has 2 aromatic rings. The second kappa shape index (κ2) is 9.54. The lowest BCUT2D eigenvalue weighted by Crippen LogP contribution is -2.35. The molecule has 0 saturated carbocycles. The van der Waals surface area contributed by atoms with Gasteiger partial charge in [0.1, 0.15) is 11.5 Å². The van der Waals surface area contributed by atoms with Crippen molar-refractivity contribution in [2.45, 2.75) is 33.0 Å². The molecule has 1 N–H and O–H groups in total. The van der Waals surface area contributed by atoms with Gasteiger partial charge in [0.2, 0.25) is 0 Å². The Balaban J connectivity index is 2.00. The lowest BCUT2D eigenvalue weighted by atomic mass is 10.2. The van der Waals surface area contributed by atoms with Crippen LogP contribution in [0.5, 0.6) is 11.5 Å². The molecule has 2 atom stereocenters. The highest BCUT2D eigenvalue weighted by molar-refractivity contribution is 5.96. The number of hydrogen-bond donors (Lipinski definition) is 1. The van der Waals surface area contributed by atoms with Gasteiger partial charge in [0.25, 0.3) is 11.6 Å². The molecule has 1 amide bonds. The molecule has 0 aliphatic heterocycles. The highest BCUT2D eigenvalue weighted by Gasteiger charge is 2.24. The van der Waals surface area contributed by atoms with Gasteiger partial charge in [-0.15, -0.1) is 0 Å². The lowest BCUT2D eigenvalue weighted by molar-refractivity contribution is -0.384. The normalized spacial score (nSPS) is 12.4. The average Bonchev–Trinajstić information content (AvgIpc) is 2.67. The summed E-state index contributed by atoms with van der Waals surface area (Å²) >= 11 is 0. The number of nitrogens with one attached hydrogen (secondary N) is 1. The van der Waals surface area contributed by atoms with E-state index in [-0.39, 0.29) is 17.1 Å². The number of rotatable bonds is 8. The van der Waals surface area contributed by atoms with Crippen molar-refractivity contribution in [1.82, 2.24) is 0 Å². The van der Waals surface area contributed by atoms with Crippen LogP contribution in [-0.2, 0) is 14.3 Å². The molecule has 0 bridgehead atoms. The van der Waals surface area contributed by atoms with Crippen LogP contribution in [0.25, 0.3) is 0 Å². The molecule has 0 heterocycles. The Hall–Kier alpha value is -3.62. The van der Waals surface area contributed by atoms with E-state index in [4.69, 9.17) is 14.2 Å². The van der Waals surface area contributed by atoms with E-state index >= 15 is 0 Å². The van der Waals surface area contributed by atoms with Crippen molar-refractivity contribution < 1.29 is 28.7 Å². The summed E-state index contributed by atoms with van der Waals surface area (Å²) in [5.74, 6) is -0.647. The summed E-state index contributed by atoms with van der Waals surface area (Å²) in [5, 5.41) is 13.4. The number of esters is 1. The zero-order valence-corrected chi connectivity index (χ0v) is 16.5. The lowest BCUT2D eigenvalue weighted by Gasteiger charge is -2.18. The Bertz CT molecular complexity index is 913. The molecule has 154 valence electrons. The third kappa shape index (κ3) is 5.93. The van der Waals surface area contributed by atoms with Crippen LogP contribution < -0.4 is 14.8 Å². The molecule has 0 radical (unpaired) electrons. The first kappa shape index (κ1) is 21.7. The molecular formula is C20H22N2O7. The molecule has 0 unspecified atom stereocenters. The first-order chi connectivity index (χ1) is 13.7. The summed E-state index contributed by atoms with van der Waals surface area (Å²) in [6, 6.07) is 10.9. The Labute approximate surface area is 167 Å². The number of anilines is 1. The molecule has 9 nitrogen and oxygen atoms in total. The number of nitro benzene ring substituents is 1. The largest absolute Gasteiger partial charge is 0.495 e. The number of carbonyl (C=O) groups is 2. The van der Waals surface area contributed by atoms with E-state index in [1.165, 1.54) is 33.1 Å². The zero-order valence-electron chi connectivity index (χ0n) is 16.5. The summed E-state index contributed by atoms with van der Waals surface area (Å²) in [5.41, 5.74) is 0.853. The van der Waals surface area contributed by atoms with Crippen LogP contribution in [0.1, 0.15) is 19.4 Å². The first-order valence-corrected chi connectivity index (χ1v) is 8.78. The van der Waals surface area contributed by atoms with Gasteiger partial charge < -0.3 is 19.5 Å². The maximum atomic E-state index is 12.4. The van der Waals surface area contributed by atoms with E-state index in [1.54, 1.807) is 18.2 Å². The molecule has 2 aromatic carbocycles. The first-order valence-electron chi connectivity index (χ1n) is 8.78. The van der Waals surface area contributed by atoms with Crippen LogP contribution in [0.4, 0.5) is 11.4 Å². The maximum absolute atomic E-state index is 12.4. The number of amides is 1. The minimum absolute atomic E-state index is 0.0960. The molecule has 9 heteroatoms. The average molecular weight is 402 g/mol. The molecule has 0 saturated heterocycles. The second-order valence-corrected chi connectivity index (χ2v) is 6.29. The highest BCUT2D eigenvalue weighted by Crippen LogP contribution is 2.29. The number of methoxy groups -OCH3 is 1. The number of non-ortho nitro benzene ring substituents is 1. The quantitative estimate of drug-likeness (QED) is 0.409. The predicted octanol–water partition coefficient (Wildman–Crippen LogP) is 3.25. The Kier molecular flexibility index (Phi) is 7.13. The van der Waals surface area contributed by atoms with Crippen molar-refractivity contribution in [3.05, 3.63) is 58.1 Å². The Morgan fingerprint density at radius 3 is 2.45 bits per heavy atom. The molecule has 0 aliphatic rings. The van der Waals surface area contributed by atoms with Crippen LogP contribution in [0.2, 0.25) is 0 Å². The number of aryl methyl sites for hydroxylation is 1. The van der Waals surface area contributed by atoms with E-state index in [0.717, 1.165) is 11.6 Å². The van der Waals surface area contributed by atoms with Gasteiger partial charge in [0.05, 0.1) is 17.7 Å². The van der Waals surface area contributed by atoms with Crippen molar-refractivity contribution in [2.75, 3.05) is 12.4 Å². The number of ether oxygens (including phenoxy) is 3. The van der Waals surface area contributed by atoms with Crippen LogP contribution >= 0.6 is 0 Å². The van der Waals surface area contributed by atoms with Crippen LogP contribution in [0.3, 0.4) is 0 Å². The fourth-order valence-electron chi connectivity index (χ4n) is 2.41. The van der Waals surface area contributed by atoms with E-state index < -0.39 is 29.0 Å². The Morgan fingerprint density at radius 1 is 1.10 bits per heavy atom. The molecule has 0 aliphatic carbocycles. The number of hydrogen-bond acceptors (Lipinski definition) is 7. The van der Waals surface area contributed by atoms with Gasteiger partial charge in [-0.25, -0.2) is 4.79 Å². The SMILES string of the molecule is COc1ccc([N+](=O)[O-])cc1NC(=O)[C@@H](C)OC(=O)[C@@H](C)Oc1cccc(C)c1. The maximum Gasteiger partial charge on any atom is 0.347 e. The summed E-state index contributed by atoms with van der Waals surface area (Å²) in [6.45, 7) is 4.79. The van der Waals surface area contributed by atoms with Gasteiger partial charge in [-0.1, -0.05) is 12.1 Å². The third-order valence-corrected chi connectivity index (χ3v) is 3.95. The molecule has 0 fully saturated rings. The van der Waals surface area contributed by atoms with E-state index in [2.05, 4.69) is 5.32 Å². The van der Waals surface area contributed by atoms with Crippen molar-refractivity contribution in [2.24, 2.45) is 0 Å². The van der Waals surface area contributed by atoms with Gasteiger partial charge in [0, 0.05) is 12.1 Å². The van der Waals surface area contributed by atoms with Crippen molar-refractivity contribution in [1.29, 1.82) is 0 Å². The molecule has 29 heavy (non-hydrogen) atoms. The van der Waals surface area contributed by atoms with Gasteiger partial charge in [-0.2, -0.15) is 0 Å². The molecular weight excluding hydrogens is 380 g/mol. The minimum Gasteiger partial charge on any atom is -0.495 e. The van der Waals surface area contributed by atoms with E-state index in [0.29, 0.717) is 5.75 Å². The summed E-state index contributed by atoms with van der Waals surface area (Å²) < 4.78 is 15.8. The van der Waals surface area contributed by atoms with Crippen molar-refractivity contribution in [3.63, 3.8) is 0 Å². The molecule has 0 spiro atoms. The fourth-order valence-corrected chi connectivity index (χ4v) is 2.41. The number of benzene rings is 2. The van der Waals surface area contributed by atoms with Crippen LogP contribution in [0.15, 0.2) is 42.5 Å². The minimum atomic E-state index is -1.16. The summed E-state index contributed by atoms with van der Waals surface area (Å²) in [4.78, 5) is 34.9. The van der Waals surface area contributed by atoms with Gasteiger partial charge in [-0.3, -0.25) is 14.9 Å². The summed E-state index contributed by atoms with van der Waals surface area (Å²) in [6.07, 6.45) is -2.09. The smallest absolute Gasteiger partial charge is 0.347 e. The predicted molar refractivity (Wildman–Crippen MR) is 105 cm³/mol. The standard InChI is InChI=1S/C20H22N2O7/c1-12-6-5-7-16(10-12)28-14(3)20(24)29-13(2)19(23)21-17-11-15(22(25)26)8-9-18(17)27-4/h5-11,13-14H,1-4H3,(H,21,23)/t13-,14-/m1/s1. The molecule has 2 rings (SSSR count). The van der Waals surface area contributed by atoms with E-state index in [1.807, 2.05) is 13.0 Å². The van der Waals surface area contributed by atoms with Crippen molar-refractivity contribution in [3.8, 4) is 11.5 Å². The molecule has 0 aromatic heterocycles. The fraction of sp³-hybridized carbons (Fsp3) is 0.300.